The Morgan fingerprint density at radius 1 is 1.43 bits per heavy atom. The number of halogens is 1. The van der Waals surface area contributed by atoms with Crippen LogP contribution in [0.4, 0.5) is 0 Å². The molecule has 80 valence electrons. The molecule has 0 amide bonds. The third kappa shape index (κ3) is 2.94. The van der Waals surface area contributed by atoms with Crippen LogP contribution in [0.3, 0.4) is 0 Å². The quantitative estimate of drug-likeness (QED) is 0.722. The fourth-order valence-electron chi connectivity index (χ4n) is 1.22. The summed E-state index contributed by atoms with van der Waals surface area (Å²) in [4.78, 5) is 1.48. The zero-order valence-corrected chi connectivity index (χ0v) is 9.91. The third-order valence-electron chi connectivity index (χ3n) is 2.39. The predicted octanol–water partition coefficient (Wildman–Crippen LogP) is 1.65. The van der Waals surface area contributed by atoms with E-state index in [0.717, 1.165) is 12.2 Å². The zero-order chi connectivity index (χ0) is 10.8. The van der Waals surface area contributed by atoms with Gasteiger partial charge in [0.25, 0.3) is 0 Å². The number of hydrogen-bond acceptors (Lipinski definition) is 3. The zero-order valence-electron chi connectivity index (χ0n) is 9.16. The van der Waals surface area contributed by atoms with Gasteiger partial charge in [0.15, 0.2) is 5.82 Å². The molecular weight excluding hydrogens is 200 g/mol. The van der Waals surface area contributed by atoms with E-state index in [4.69, 9.17) is 11.6 Å². The predicted molar refractivity (Wildman–Crippen MR) is 56.2 cm³/mol. The molecule has 1 atom stereocenters. The maximum absolute atomic E-state index is 5.93. The Balaban J connectivity index is 2.66. The van der Waals surface area contributed by atoms with E-state index < -0.39 is 0 Å². The topological polar surface area (TPSA) is 43.6 Å². The molecule has 1 aromatic heterocycles. The molecule has 1 unspecified atom stereocenters. The summed E-state index contributed by atoms with van der Waals surface area (Å²) in [5.74, 6) is 1.78. The van der Waals surface area contributed by atoms with Crippen LogP contribution in [0.15, 0.2) is 0 Å². The number of hydrogen-bond donors (Lipinski definition) is 0. The fraction of sp³-hybridized carbons (Fsp3) is 0.889. The molecule has 0 radical (unpaired) electrons. The molecule has 0 aromatic carbocycles. The van der Waals surface area contributed by atoms with Gasteiger partial charge in [0, 0.05) is 12.3 Å². The van der Waals surface area contributed by atoms with Crippen molar-refractivity contribution in [2.45, 2.75) is 27.2 Å². The Bertz CT molecular complexity index is 289. The Morgan fingerprint density at radius 3 is 2.43 bits per heavy atom. The van der Waals surface area contributed by atoms with Crippen molar-refractivity contribution in [1.29, 1.82) is 0 Å². The average Bonchev–Trinajstić information content (AvgIpc) is 2.45. The highest BCUT2D eigenvalue weighted by molar-refractivity contribution is 6.18. The molecule has 1 rings (SSSR count). The first kappa shape index (κ1) is 11.4. The second kappa shape index (κ2) is 4.26. The molecule has 0 spiro atoms. The number of tetrazole rings is 1. The lowest BCUT2D eigenvalue weighted by atomic mass is 9.80. The van der Waals surface area contributed by atoms with Gasteiger partial charge in [-0.05, 0) is 16.5 Å². The Kier molecular flexibility index (Phi) is 3.48. The normalized spacial score (nSPS) is 14.4. The van der Waals surface area contributed by atoms with E-state index >= 15 is 0 Å². The average molecular weight is 217 g/mol. The first-order valence-corrected chi connectivity index (χ1v) is 5.25. The SMILES string of the molecule is Cn1nnc(CC(CCl)C(C)(C)C)n1. The number of rotatable bonds is 3. The van der Waals surface area contributed by atoms with Crippen LogP contribution in [0.2, 0.25) is 0 Å². The lowest BCUT2D eigenvalue weighted by Crippen LogP contribution is -2.24. The molecule has 1 aromatic rings. The van der Waals surface area contributed by atoms with Gasteiger partial charge in [-0.15, -0.1) is 21.8 Å². The number of aromatic nitrogens is 4. The largest absolute Gasteiger partial charge is 0.175 e. The molecule has 1 heterocycles. The summed E-state index contributed by atoms with van der Waals surface area (Å²) in [7, 11) is 1.77. The summed E-state index contributed by atoms with van der Waals surface area (Å²) < 4.78 is 0. The van der Waals surface area contributed by atoms with Gasteiger partial charge in [0.05, 0.1) is 7.05 Å². The Hall–Kier alpha value is -0.640. The van der Waals surface area contributed by atoms with Crippen LogP contribution in [0.1, 0.15) is 26.6 Å². The maximum Gasteiger partial charge on any atom is 0.175 e. The van der Waals surface area contributed by atoms with E-state index in [0.29, 0.717) is 11.8 Å². The van der Waals surface area contributed by atoms with Crippen molar-refractivity contribution in [1.82, 2.24) is 20.2 Å². The van der Waals surface area contributed by atoms with Crippen molar-refractivity contribution in [3.05, 3.63) is 5.82 Å². The van der Waals surface area contributed by atoms with E-state index in [9.17, 15) is 0 Å². The molecule has 14 heavy (non-hydrogen) atoms. The van der Waals surface area contributed by atoms with Crippen molar-refractivity contribution >= 4 is 11.6 Å². The molecular formula is C9H17ClN4. The highest BCUT2D eigenvalue weighted by Crippen LogP contribution is 2.29. The van der Waals surface area contributed by atoms with E-state index in [2.05, 4.69) is 36.2 Å². The maximum atomic E-state index is 5.93. The van der Waals surface area contributed by atoms with Crippen LogP contribution >= 0.6 is 11.6 Å². The Labute approximate surface area is 89.6 Å². The van der Waals surface area contributed by atoms with Crippen molar-refractivity contribution in [2.75, 3.05) is 5.88 Å². The van der Waals surface area contributed by atoms with Crippen molar-refractivity contribution in [2.24, 2.45) is 18.4 Å². The van der Waals surface area contributed by atoms with Gasteiger partial charge in [0.2, 0.25) is 0 Å². The summed E-state index contributed by atoms with van der Waals surface area (Å²) in [5.41, 5.74) is 0.181. The standard InChI is InChI=1S/C9H17ClN4/c1-9(2,3)7(6-10)5-8-11-13-14(4)12-8/h7H,5-6H2,1-4H3. The highest BCUT2D eigenvalue weighted by Gasteiger charge is 2.25. The van der Waals surface area contributed by atoms with E-state index in [-0.39, 0.29) is 5.41 Å². The first-order chi connectivity index (χ1) is 6.43. The van der Waals surface area contributed by atoms with E-state index in [1.54, 1.807) is 7.05 Å². The molecule has 0 bridgehead atoms. The van der Waals surface area contributed by atoms with Gasteiger partial charge in [0.1, 0.15) is 0 Å². The molecule has 0 saturated carbocycles. The molecule has 0 aliphatic rings. The highest BCUT2D eigenvalue weighted by atomic mass is 35.5. The molecule has 0 fully saturated rings. The van der Waals surface area contributed by atoms with Crippen LogP contribution in [-0.4, -0.2) is 26.1 Å². The minimum atomic E-state index is 0.181. The second-order valence-corrected chi connectivity index (χ2v) is 4.93. The van der Waals surface area contributed by atoms with E-state index in [1.165, 1.54) is 4.80 Å². The summed E-state index contributed by atoms with van der Waals surface area (Å²) in [6.07, 6.45) is 0.793. The van der Waals surface area contributed by atoms with Gasteiger partial charge >= 0.3 is 0 Å². The summed E-state index contributed by atoms with van der Waals surface area (Å²) >= 11 is 5.93. The number of alkyl halides is 1. The van der Waals surface area contributed by atoms with Gasteiger partial charge in [-0.2, -0.15) is 4.80 Å². The minimum absolute atomic E-state index is 0.181. The van der Waals surface area contributed by atoms with Crippen molar-refractivity contribution in [3.8, 4) is 0 Å². The minimum Gasteiger partial charge on any atom is -0.167 e. The summed E-state index contributed by atoms with van der Waals surface area (Å²) in [6.45, 7) is 6.53. The molecule has 0 N–H and O–H groups in total. The Morgan fingerprint density at radius 2 is 2.07 bits per heavy atom. The van der Waals surface area contributed by atoms with Crippen LogP contribution in [-0.2, 0) is 13.5 Å². The first-order valence-electron chi connectivity index (χ1n) is 4.72. The lowest BCUT2D eigenvalue weighted by Gasteiger charge is -2.27. The van der Waals surface area contributed by atoms with Crippen LogP contribution in [0, 0.1) is 11.3 Å². The van der Waals surface area contributed by atoms with Gasteiger partial charge in [-0.1, -0.05) is 20.8 Å². The molecule has 4 nitrogen and oxygen atoms in total. The molecule has 0 saturated heterocycles. The smallest absolute Gasteiger partial charge is 0.167 e. The fourth-order valence-corrected chi connectivity index (χ4v) is 1.79. The van der Waals surface area contributed by atoms with Crippen LogP contribution in [0.25, 0.3) is 0 Å². The monoisotopic (exact) mass is 216 g/mol. The molecule has 5 heteroatoms. The van der Waals surface area contributed by atoms with E-state index in [1.807, 2.05) is 0 Å². The van der Waals surface area contributed by atoms with Gasteiger partial charge < -0.3 is 0 Å². The van der Waals surface area contributed by atoms with Crippen molar-refractivity contribution in [3.63, 3.8) is 0 Å². The number of nitrogens with zero attached hydrogens (tertiary/aromatic N) is 4. The van der Waals surface area contributed by atoms with Gasteiger partial charge in [-0.25, -0.2) is 0 Å². The summed E-state index contributed by atoms with van der Waals surface area (Å²) in [6, 6.07) is 0. The third-order valence-corrected chi connectivity index (χ3v) is 2.76. The van der Waals surface area contributed by atoms with Crippen LogP contribution in [0.5, 0.6) is 0 Å². The molecule has 0 aliphatic carbocycles. The van der Waals surface area contributed by atoms with Crippen molar-refractivity contribution < 1.29 is 0 Å². The van der Waals surface area contributed by atoms with Crippen LogP contribution < -0.4 is 0 Å². The second-order valence-electron chi connectivity index (χ2n) is 4.62. The lowest BCUT2D eigenvalue weighted by molar-refractivity contribution is 0.260. The molecule has 0 aliphatic heterocycles. The van der Waals surface area contributed by atoms with Gasteiger partial charge in [-0.3, -0.25) is 0 Å². The summed E-state index contributed by atoms with van der Waals surface area (Å²) in [5, 5.41) is 11.9. The number of aryl methyl sites for hydroxylation is 1.